The highest BCUT2D eigenvalue weighted by molar-refractivity contribution is 6.07. The van der Waals surface area contributed by atoms with Crippen LogP contribution in [0.4, 0.5) is 4.79 Å². The van der Waals surface area contributed by atoms with Gasteiger partial charge in [-0.05, 0) is 73.8 Å². The maximum Gasteiger partial charge on any atom is 0.327 e. The van der Waals surface area contributed by atoms with E-state index in [1.54, 1.807) is 4.90 Å². The summed E-state index contributed by atoms with van der Waals surface area (Å²) in [5.41, 5.74) is 3.09. The molecule has 0 N–H and O–H groups in total. The van der Waals surface area contributed by atoms with Crippen LogP contribution in [0.25, 0.3) is 0 Å². The van der Waals surface area contributed by atoms with Gasteiger partial charge in [0.15, 0.2) is 11.5 Å². The highest BCUT2D eigenvalue weighted by Crippen LogP contribution is 2.40. The predicted molar refractivity (Wildman–Crippen MR) is 136 cm³/mol. The van der Waals surface area contributed by atoms with Gasteiger partial charge in [0.05, 0.1) is 0 Å². The Morgan fingerprint density at radius 1 is 1.00 bits per heavy atom. The van der Waals surface area contributed by atoms with Gasteiger partial charge in [0, 0.05) is 32.2 Å². The molecule has 6 rings (SSSR count). The number of ether oxygens (including phenoxy) is 2. The SMILES string of the molecule is CCN1C(=O)N(C2Cc3ccccc3C2)C(=O)C12CCN(C[C@@H](C)Cc1ccc3c(c1)OCO3)CC2. The van der Waals surface area contributed by atoms with Crippen LogP contribution in [0.3, 0.4) is 0 Å². The van der Waals surface area contributed by atoms with Crippen molar-refractivity contribution < 1.29 is 19.1 Å². The molecule has 2 aromatic carbocycles. The fraction of sp³-hybridized carbons (Fsp3) is 0.517. The minimum absolute atomic E-state index is 0.0280. The number of likely N-dealkylation sites (N-methyl/N-ethyl adjacent to an activating group) is 1. The summed E-state index contributed by atoms with van der Waals surface area (Å²) < 4.78 is 11.0. The second-order valence-electron chi connectivity index (χ2n) is 10.9. The first-order valence-electron chi connectivity index (χ1n) is 13.3. The van der Waals surface area contributed by atoms with Gasteiger partial charge in [0.1, 0.15) is 5.54 Å². The lowest BCUT2D eigenvalue weighted by Crippen LogP contribution is -2.57. The van der Waals surface area contributed by atoms with Crippen molar-refractivity contribution in [2.45, 2.75) is 57.5 Å². The minimum Gasteiger partial charge on any atom is -0.454 e. The van der Waals surface area contributed by atoms with Crippen LogP contribution in [0.5, 0.6) is 11.5 Å². The summed E-state index contributed by atoms with van der Waals surface area (Å²) in [4.78, 5) is 33.3. The number of amides is 3. The second-order valence-corrected chi connectivity index (χ2v) is 10.9. The first kappa shape index (κ1) is 23.3. The van der Waals surface area contributed by atoms with E-state index in [2.05, 4.69) is 36.1 Å². The number of hydrogen-bond donors (Lipinski definition) is 0. The lowest BCUT2D eigenvalue weighted by Gasteiger charge is -2.42. The Kier molecular flexibility index (Phi) is 5.91. The largest absolute Gasteiger partial charge is 0.454 e. The quantitative estimate of drug-likeness (QED) is 0.577. The summed E-state index contributed by atoms with van der Waals surface area (Å²) in [6, 6.07) is 14.4. The van der Waals surface area contributed by atoms with Crippen molar-refractivity contribution in [1.82, 2.24) is 14.7 Å². The third-order valence-electron chi connectivity index (χ3n) is 8.56. The summed E-state index contributed by atoms with van der Waals surface area (Å²) in [6.45, 7) is 7.78. The number of hydrogen-bond acceptors (Lipinski definition) is 5. The Hall–Kier alpha value is -3.06. The highest BCUT2D eigenvalue weighted by atomic mass is 16.7. The van der Waals surface area contributed by atoms with Crippen molar-refractivity contribution in [3.63, 3.8) is 0 Å². The van der Waals surface area contributed by atoms with Crippen LogP contribution in [0, 0.1) is 5.92 Å². The van der Waals surface area contributed by atoms with E-state index in [0.717, 1.165) is 50.4 Å². The van der Waals surface area contributed by atoms with Crippen molar-refractivity contribution in [2.75, 3.05) is 33.0 Å². The van der Waals surface area contributed by atoms with E-state index in [4.69, 9.17) is 9.47 Å². The number of carbonyl (C=O) groups is 2. The number of imide groups is 1. The minimum atomic E-state index is -0.683. The molecule has 1 aliphatic carbocycles. The molecule has 4 aliphatic rings. The Morgan fingerprint density at radius 3 is 2.39 bits per heavy atom. The van der Waals surface area contributed by atoms with E-state index in [1.165, 1.54) is 16.7 Å². The zero-order valence-electron chi connectivity index (χ0n) is 21.2. The van der Waals surface area contributed by atoms with Crippen molar-refractivity contribution in [3.05, 3.63) is 59.2 Å². The van der Waals surface area contributed by atoms with Gasteiger partial charge in [0.2, 0.25) is 6.79 Å². The highest BCUT2D eigenvalue weighted by Gasteiger charge is 2.59. The maximum atomic E-state index is 13.9. The zero-order chi connectivity index (χ0) is 24.9. The van der Waals surface area contributed by atoms with Gasteiger partial charge in [-0.3, -0.25) is 9.69 Å². The van der Waals surface area contributed by atoms with Crippen LogP contribution >= 0.6 is 0 Å². The van der Waals surface area contributed by atoms with Crippen LogP contribution in [0.1, 0.15) is 43.4 Å². The van der Waals surface area contributed by atoms with Crippen molar-refractivity contribution in [2.24, 2.45) is 5.92 Å². The summed E-state index contributed by atoms with van der Waals surface area (Å²) in [5.74, 6) is 2.15. The topological polar surface area (TPSA) is 62.3 Å². The van der Waals surface area contributed by atoms with E-state index in [0.29, 0.717) is 32.1 Å². The van der Waals surface area contributed by atoms with E-state index < -0.39 is 5.54 Å². The van der Waals surface area contributed by atoms with Crippen LogP contribution < -0.4 is 9.47 Å². The summed E-state index contributed by atoms with van der Waals surface area (Å²) in [7, 11) is 0. The average Bonchev–Trinajstić information content (AvgIpc) is 3.56. The smallest absolute Gasteiger partial charge is 0.327 e. The Bertz CT molecular complexity index is 1150. The van der Waals surface area contributed by atoms with Crippen LogP contribution in [0.2, 0.25) is 0 Å². The fourth-order valence-corrected chi connectivity index (χ4v) is 6.78. The number of likely N-dealkylation sites (tertiary alicyclic amines) is 1. The lowest BCUT2D eigenvalue weighted by molar-refractivity contribution is -0.137. The zero-order valence-corrected chi connectivity index (χ0v) is 21.2. The molecular weight excluding hydrogens is 454 g/mol. The molecule has 190 valence electrons. The first-order chi connectivity index (χ1) is 17.5. The predicted octanol–water partition coefficient (Wildman–Crippen LogP) is 3.88. The second kappa shape index (κ2) is 9.11. The maximum absolute atomic E-state index is 13.9. The van der Waals surface area contributed by atoms with E-state index >= 15 is 0 Å². The number of urea groups is 1. The molecule has 7 nitrogen and oxygen atoms in total. The first-order valence-corrected chi connectivity index (χ1v) is 13.3. The Labute approximate surface area is 212 Å². The van der Waals surface area contributed by atoms with Gasteiger partial charge in [-0.25, -0.2) is 4.79 Å². The number of carbonyl (C=O) groups excluding carboxylic acids is 2. The summed E-state index contributed by atoms with van der Waals surface area (Å²) in [5, 5.41) is 0. The summed E-state index contributed by atoms with van der Waals surface area (Å²) in [6.07, 6.45) is 3.92. The molecule has 0 unspecified atom stereocenters. The van der Waals surface area contributed by atoms with Gasteiger partial charge in [-0.2, -0.15) is 0 Å². The molecule has 0 radical (unpaired) electrons. The number of benzene rings is 2. The molecule has 1 spiro atoms. The van der Waals surface area contributed by atoms with Gasteiger partial charge < -0.3 is 19.3 Å². The van der Waals surface area contributed by atoms with Gasteiger partial charge in [-0.15, -0.1) is 0 Å². The van der Waals surface area contributed by atoms with E-state index in [9.17, 15) is 9.59 Å². The molecular formula is C29H35N3O4. The number of nitrogens with zero attached hydrogens (tertiary/aromatic N) is 3. The van der Waals surface area contributed by atoms with Crippen LogP contribution in [-0.2, 0) is 24.1 Å². The van der Waals surface area contributed by atoms with Crippen molar-refractivity contribution in [3.8, 4) is 11.5 Å². The molecule has 0 saturated carbocycles. The molecule has 36 heavy (non-hydrogen) atoms. The Balaban J connectivity index is 1.10. The van der Waals surface area contributed by atoms with Crippen molar-refractivity contribution >= 4 is 11.9 Å². The fourth-order valence-electron chi connectivity index (χ4n) is 6.78. The molecule has 3 heterocycles. The van der Waals surface area contributed by atoms with Crippen molar-refractivity contribution in [1.29, 1.82) is 0 Å². The van der Waals surface area contributed by atoms with E-state index in [1.807, 2.05) is 30.0 Å². The van der Waals surface area contributed by atoms with Gasteiger partial charge in [0.25, 0.3) is 5.91 Å². The van der Waals surface area contributed by atoms with Crippen LogP contribution in [-0.4, -0.2) is 71.2 Å². The van der Waals surface area contributed by atoms with E-state index in [-0.39, 0.29) is 18.0 Å². The molecule has 1 atom stereocenters. The normalized spacial score (nSPS) is 22.1. The number of piperidine rings is 1. The third kappa shape index (κ3) is 3.84. The van der Waals surface area contributed by atoms with Gasteiger partial charge >= 0.3 is 6.03 Å². The molecule has 2 saturated heterocycles. The number of rotatable bonds is 6. The molecule has 3 amide bonds. The standard InChI is InChI=1S/C29H35N3O4/c1-3-31-28(34)32(24-16-22-6-4-5-7-23(22)17-24)27(33)29(31)10-12-30(13-11-29)18-20(2)14-21-8-9-25-26(15-21)36-19-35-25/h4-9,15,20,24H,3,10-14,16-19H2,1-2H3/t20-/m0/s1. The Morgan fingerprint density at radius 2 is 1.69 bits per heavy atom. The monoisotopic (exact) mass is 489 g/mol. The van der Waals surface area contributed by atoms with Crippen LogP contribution in [0.15, 0.2) is 42.5 Å². The molecule has 0 aromatic heterocycles. The molecule has 2 fully saturated rings. The number of fused-ring (bicyclic) bond motifs is 2. The molecule has 7 heteroatoms. The summed E-state index contributed by atoms with van der Waals surface area (Å²) >= 11 is 0. The average molecular weight is 490 g/mol. The molecule has 3 aliphatic heterocycles. The molecule has 2 aromatic rings. The lowest BCUT2D eigenvalue weighted by atomic mass is 9.85. The van der Waals surface area contributed by atoms with Gasteiger partial charge in [-0.1, -0.05) is 37.3 Å². The molecule has 0 bridgehead atoms. The third-order valence-corrected chi connectivity index (χ3v) is 8.56.